The van der Waals surface area contributed by atoms with Crippen LogP contribution < -0.4 is 29.0 Å². The number of phenolic OH excluding ortho intramolecular Hbond substituents is 1. The molecule has 8 heteroatoms. The number of anilines is 1. The smallest absolute Gasteiger partial charge is 0.203 e. The third-order valence-corrected chi connectivity index (χ3v) is 5.34. The number of aromatic hydroxyl groups is 1. The Balaban J connectivity index is 1.91. The first-order chi connectivity index (χ1) is 17.4. The summed E-state index contributed by atoms with van der Waals surface area (Å²) >= 11 is 0. The first-order valence-corrected chi connectivity index (χ1v) is 10.9. The van der Waals surface area contributed by atoms with Gasteiger partial charge in [0.25, 0.3) is 0 Å². The van der Waals surface area contributed by atoms with Crippen LogP contribution in [0.2, 0.25) is 0 Å². The summed E-state index contributed by atoms with van der Waals surface area (Å²) in [6, 6.07) is 13.8. The molecule has 0 aliphatic rings. The van der Waals surface area contributed by atoms with E-state index in [1.54, 1.807) is 75.9 Å². The summed E-state index contributed by atoms with van der Waals surface area (Å²) in [5.41, 5.74) is 2.49. The van der Waals surface area contributed by atoms with Gasteiger partial charge in [-0.2, -0.15) is 0 Å². The van der Waals surface area contributed by atoms with Crippen molar-refractivity contribution in [2.75, 3.05) is 40.9 Å². The van der Waals surface area contributed by atoms with Crippen molar-refractivity contribution < 1.29 is 33.6 Å². The van der Waals surface area contributed by atoms with E-state index in [4.69, 9.17) is 23.7 Å². The van der Waals surface area contributed by atoms with E-state index in [-0.39, 0.29) is 17.3 Å². The van der Waals surface area contributed by atoms with Crippen LogP contribution in [0.15, 0.2) is 60.8 Å². The summed E-state index contributed by atoms with van der Waals surface area (Å²) in [5.74, 6) is 2.06. The molecule has 188 valence electrons. The average Bonchev–Trinajstić information content (AvgIpc) is 2.91. The van der Waals surface area contributed by atoms with Gasteiger partial charge in [0.1, 0.15) is 5.75 Å². The van der Waals surface area contributed by atoms with E-state index in [1.807, 2.05) is 6.08 Å². The first kappa shape index (κ1) is 26.0. The van der Waals surface area contributed by atoms with Crippen LogP contribution in [0.3, 0.4) is 0 Å². The van der Waals surface area contributed by atoms with Crippen LogP contribution in [0.25, 0.3) is 12.2 Å². The second-order valence-corrected chi connectivity index (χ2v) is 7.45. The summed E-state index contributed by atoms with van der Waals surface area (Å²) in [4.78, 5) is 12.6. The van der Waals surface area contributed by atoms with Gasteiger partial charge in [-0.15, -0.1) is 0 Å². The largest absolute Gasteiger partial charge is 0.504 e. The summed E-state index contributed by atoms with van der Waals surface area (Å²) < 4.78 is 26.7. The van der Waals surface area contributed by atoms with Gasteiger partial charge in [-0.3, -0.25) is 4.79 Å². The summed E-state index contributed by atoms with van der Waals surface area (Å²) in [7, 11) is 7.62. The normalized spacial score (nSPS) is 10.9. The number of hydrogen-bond donors (Lipinski definition) is 2. The number of ketones is 1. The topological polar surface area (TPSA) is 95.5 Å². The summed E-state index contributed by atoms with van der Waals surface area (Å²) in [5, 5.41) is 13.4. The molecule has 3 aromatic carbocycles. The number of hydrogen-bond acceptors (Lipinski definition) is 8. The molecule has 2 N–H and O–H groups in total. The van der Waals surface area contributed by atoms with Crippen LogP contribution in [0.1, 0.15) is 21.5 Å². The molecule has 0 fully saturated rings. The Kier molecular flexibility index (Phi) is 8.83. The Bertz CT molecular complexity index is 1260. The lowest BCUT2D eigenvalue weighted by Gasteiger charge is -2.13. The summed E-state index contributed by atoms with van der Waals surface area (Å²) in [6.45, 7) is 0. The van der Waals surface area contributed by atoms with Crippen molar-refractivity contribution in [1.29, 1.82) is 0 Å². The molecular formula is C28H29NO7. The van der Waals surface area contributed by atoms with Crippen LogP contribution in [-0.4, -0.2) is 46.4 Å². The minimum Gasteiger partial charge on any atom is -0.504 e. The maximum atomic E-state index is 12.6. The maximum Gasteiger partial charge on any atom is 0.203 e. The van der Waals surface area contributed by atoms with Gasteiger partial charge in [0.05, 0.1) is 41.1 Å². The Morgan fingerprint density at radius 3 is 2.03 bits per heavy atom. The van der Waals surface area contributed by atoms with E-state index >= 15 is 0 Å². The quantitative estimate of drug-likeness (QED) is 0.159. The van der Waals surface area contributed by atoms with E-state index in [2.05, 4.69) is 5.32 Å². The first-order valence-electron chi connectivity index (χ1n) is 10.9. The molecule has 0 unspecified atom stereocenters. The molecule has 0 aliphatic heterocycles. The highest BCUT2D eigenvalue weighted by Gasteiger charge is 2.13. The third kappa shape index (κ3) is 5.90. The lowest BCUT2D eigenvalue weighted by molar-refractivity contribution is 0.104. The van der Waals surface area contributed by atoms with E-state index in [0.717, 1.165) is 5.56 Å². The minimum absolute atomic E-state index is 0.0262. The number of allylic oxidation sites excluding steroid dienone is 1. The molecule has 0 heterocycles. The van der Waals surface area contributed by atoms with Crippen LogP contribution >= 0.6 is 0 Å². The molecular weight excluding hydrogens is 462 g/mol. The lowest BCUT2D eigenvalue weighted by Crippen LogP contribution is -2.00. The van der Waals surface area contributed by atoms with Crippen molar-refractivity contribution in [3.05, 3.63) is 77.5 Å². The van der Waals surface area contributed by atoms with Gasteiger partial charge in [0.15, 0.2) is 28.8 Å². The molecule has 0 radical (unpaired) electrons. The number of methoxy groups -OCH3 is 5. The molecule has 3 aromatic rings. The fraction of sp³-hybridized carbons (Fsp3) is 0.179. The zero-order valence-electron chi connectivity index (χ0n) is 20.8. The van der Waals surface area contributed by atoms with E-state index in [9.17, 15) is 9.90 Å². The second-order valence-electron chi connectivity index (χ2n) is 7.45. The number of carbonyl (C=O) groups excluding carboxylic acids is 1. The predicted molar refractivity (Wildman–Crippen MR) is 140 cm³/mol. The van der Waals surface area contributed by atoms with Crippen molar-refractivity contribution in [2.45, 2.75) is 0 Å². The fourth-order valence-corrected chi connectivity index (χ4v) is 3.54. The molecule has 0 saturated carbocycles. The van der Waals surface area contributed by atoms with Gasteiger partial charge in [-0.25, -0.2) is 0 Å². The van der Waals surface area contributed by atoms with Crippen molar-refractivity contribution in [3.63, 3.8) is 0 Å². The SMILES string of the molecule is COc1cc(N/C=C\C(=O)c2ccccc2OC)c(/C=C\c2cc(OC)c(OC)c(OC)c2)cc1O. The molecule has 0 atom stereocenters. The number of para-hydroxylation sites is 1. The van der Waals surface area contributed by atoms with Crippen LogP contribution in [0, 0.1) is 0 Å². The van der Waals surface area contributed by atoms with Crippen molar-refractivity contribution >= 4 is 23.6 Å². The highest BCUT2D eigenvalue weighted by molar-refractivity contribution is 6.06. The second kappa shape index (κ2) is 12.2. The molecule has 3 rings (SSSR count). The van der Waals surface area contributed by atoms with Crippen LogP contribution in [0.5, 0.6) is 34.5 Å². The maximum absolute atomic E-state index is 12.6. The number of rotatable bonds is 11. The molecule has 0 spiro atoms. The number of nitrogens with one attached hydrogen (secondary N) is 1. The molecule has 36 heavy (non-hydrogen) atoms. The highest BCUT2D eigenvalue weighted by Crippen LogP contribution is 2.39. The van der Waals surface area contributed by atoms with Crippen LogP contribution in [0.4, 0.5) is 5.69 Å². The predicted octanol–water partition coefficient (Wildman–Crippen LogP) is 5.41. The zero-order chi connectivity index (χ0) is 26.1. The van der Waals surface area contributed by atoms with E-state index in [1.165, 1.54) is 26.5 Å². The Morgan fingerprint density at radius 2 is 1.42 bits per heavy atom. The summed E-state index contributed by atoms with van der Waals surface area (Å²) in [6.07, 6.45) is 6.57. The van der Waals surface area contributed by atoms with E-state index < -0.39 is 0 Å². The number of carbonyl (C=O) groups is 1. The van der Waals surface area contributed by atoms with Gasteiger partial charge in [0.2, 0.25) is 5.75 Å². The third-order valence-electron chi connectivity index (χ3n) is 5.34. The van der Waals surface area contributed by atoms with Crippen LogP contribution in [-0.2, 0) is 0 Å². The lowest BCUT2D eigenvalue weighted by atomic mass is 10.1. The van der Waals surface area contributed by atoms with Gasteiger partial charge >= 0.3 is 0 Å². The monoisotopic (exact) mass is 491 g/mol. The van der Waals surface area contributed by atoms with E-state index in [0.29, 0.717) is 39.8 Å². The van der Waals surface area contributed by atoms with Crippen molar-refractivity contribution in [3.8, 4) is 34.5 Å². The van der Waals surface area contributed by atoms with Gasteiger partial charge < -0.3 is 34.1 Å². The Labute approximate surface area is 210 Å². The molecule has 0 amide bonds. The molecule has 0 saturated heterocycles. The molecule has 0 aromatic heterocycles. The zero-order valence-corrected chi connectivity index (χ0v) is 20.8. The molecule has 8 nitrogen and oxygen atoms in total. The number of phenols is 1. The van der Waals surface area contributed by atoms with Gasteiger partial charge in [0, 0.05) is 29.6 Å². The van der Waals surface area contributed by atoms with Gasteiger partial charge in [-0.1, -0.05) is 24.3 Å². The standard InChI is InChI=1S/C28H29NO7/c1-32-24-9-7-6-8-20(24)22(30)12-13-29-21-17-25(33-2)23(31)16-19(21)11-10-18-14-26(34-3)28(36-5)27(15-18)35-4/h6-17,29,31H,1-5H3/b11-10-,13-12-. The Hall–Kier alpha value is -4.59. The molecule has 0 bridgehead atoms. The minimum atomic E-state index is -0.222. The average molecular weight is 492 g/mol. The van der Waals surface area contributed by atoms with Crippen molar-refractivity contribution in [1.82, 2.24) is 0 Å². The number of benzene rings is 3. The molecule has 0 aliphatic carbocycles. The van der Waals surface area contributed by atoms with Crippen molar-refractivity contribution in [2.24, 2.45) is 0 Å². The Morgan fingerprint density at radius 1 is 0.778 bits per heavy atom. The van der Waals surface area contributed by atoms with Gasteiger partial charge in [-0.05, 0) is 35.9 Å². The fourth-order valence-electron chi connectivity index (χ4n) is 3.54. The number of ether oxygens (including phenoxy) is 5. The highest BCUT2D eigenvalue weighted by atomic mass is 16.5.